The summed E-state index contributed by atoms with van der Waals surface area (Å²) in [5, 5.41) is 13.6. The third-order valence-electron chi connectivity index (χ3n) is 4.90. The van der Waals surface area contributed by atoms with Gasteiger partial charge in [0.1, 0.15) is 0 Å². The van der Waals surface area contributed by atoms with Gasteiger partial charge in [-0.15, -0.1) is 0 Å². The summed E-state index contributed by atoms with van der Waals surface area (Å²) in [7, 11) is 0. The first-order valence-electron chi connectivity index (χ1n) is 9.02. The average molecular weight is 379 g/mol. The lowest BCUT2D eigenvalue weighted by Crippen LogP contribution is -2.32. The van der Waals surface area contributed by atoms with Crippen LogP contribution in [0.3, 0.4) is 0 Å². The molecule has 2 aromatic heterocycles. The van der Waals surface area contributed by atoms with Crippen molar-refractivity contribution in [1.82, 2.24) is 19.8 Å². The van der Waals surface area contributed by atoms with Gasteiger partial charge in [-0.1, -0.05) is 18.2 Å². The van der Waals surface area contributed by atoms with Gasteiger partial charge in [-0.25, -0.2) is 0 Å². The van der Waals surface area contributed by atoms with Gasteiger partial charge in [0.05, 0.1) is 24.4 Å². The summed E-state index contributed by atoms with van der Waals surface area (Å²) in [6.45, 7) is 2.60. The predicted octanol–water partition coefficient (Wildman–Crippen LogP) is 3.15. The van der Waals surface area contributed by atoms with Crippen molar-refractivity contribution in [3.8, 4) is 5.69 Å². The van der Waals surface area contributed by atoms with E-state index in [0.29, 0.717) is 11.7 Å². The number of benzene rings is 1. The van der Waals surface area contributed by atoms with E-state index >= 15 is 0 Å². The van der Waals surface area contributed by atoms with Crippen LogP contribution in [0.1, 0.15) is 29.0 Å². The van der Waals surface area contributed by atoms with E-state index in [-0.39, 0.29) is 18.7 Å². The average Bonchev–Trinajstić information content (AvgIpc) is 3.28. The highest BCUT2D eigenvalue weighted by Crippen LogP contribution is 2.39. The van der Waals surface area contributed by atoms with Gasteiger partial charge in [-0.2, -0.15) is 0 Å². The minimum absolute atomic E-state index is 0.0401. The second-order valence-corrected chi connectivity index (χ2v) is 7.07. The molecule has 27 heavy (non-hydrogen) atoms. The van der Waals surface area contributed by atoms with Gasteiger partial charge in [0, 0.05) is 30.3 Å². The monoisotopic (exact) mass is 378 g/mol. The van der Waals surface area contributed by atoms with Crippen molar-refractivity contribution in [2.45, 2.75) is 19.0 Å². The number of aliphatic hydroxyl groups is 1. The SMILES string of the molecule is Cc1cccc(-n2cccc2[C@@H]2[C@H](c3ccccn3)NC(=S)N2CCO)c1. The highest BCUT2D eigenvalue weighted by Gasteiger charge is 2.40. The number of nitrogens with one attached hydrogen (secondary N) is 1. The number of aliphatic hydroxyl groups excluding tert-OH is 1. The van der Waals surface area contributed by atoms with E-state index in [0.717, 1.165) is 17.1 Å². The van der Waals surface area contributed by atoms with Crippen LogP contribution in [0.5, 0.6) is 0 Å². The lowest BCUT2D eigenvalue weighted by Gasteiger charge is -2.28. The Balaban J connectivity index is 1.81. The molecule has 2 atom stereocenters. The van der Waals surface area contributed by atoms with Crippen LogP contribution in [0.25, 0.3) is 5.69 Å². The summed E-state index contributed by atoms with van der Waals surface area (Å²) in [6.07, 6.45) is 3.86. The molecule has 0 unspecified atom stereocenters. The Bertz CT molecular complexity index is 940. The molecule has 3 aromatic rings. The normalized spacial score (nSPS) is 19.3. The number of pyridine rings is 1. The Morgan fingerprint density at radius 2 is 2.04 bits per heavy atom. The first-order chi connectivity index (χ1) is 13.2. The predicted molar refractivity (Wildman–Crippen MR) is 110 cm³/mol. The third kappa shape index (κ3) is 3.34. The van der Waals surface area contributed by atoms with E-state index in [1.54, 1.807) is 6.20 Å². The van der Waals surface area contributed by atoms with Crippen LogP contribution in [-0.2, 0) is 0 Å². The number of aromatic nitrogens is 2. The Morgan fingerprint density at radius 3 is 2.78 bits per heavy atom. The molecular weight excluding hydrogens is 356 g/mol. The molecule has 1 aromatic carbocycles. The Hall–Kier alpha value is -2.70. The summed E-state index contributed by atoms with van der Waals surface area (Å²) in [6, 6.07) is 18.3. The van der Waals surface area contributed by atoms with Crippen LogP contribution >= 0.6 is 12.2 Å². The van der Waals surface area contributed by atoms with Crippen molar-refractivity contribution in [2.75, 3.05) is 13.2 Å². The van der Waals surface area contributed by atoms with E-state index in [1.165, 1.54) is 5.56 Å². The molecule has 0 aliphatic carbocycles. The number of hydrogen-bond donors (Lipinski definition) is 2. The van der Waals surface area contributed by atoms with Crippen LogP contribution in [0.2, 0.25) is 0 Å². The summed E-state index contributed by atoms with van der Waals surface area (Å²) in [5.41, 5.74) is 4.36. The van der Waals surface area contributed by atoms with Crippen LogP contribution < -0.4 is 5.32 Å². The highest BCUT2D eigenvalue weighted by molar-refractivity contribution is 7.80. The molecule has 4 rings (SSSR count). The first kappa shape index (κ1) is 17.7. The van der Waals surface area contributed by atoms with Gasteiger partial charge in [-0.3, -0.25) is 4.98 Å². The van der Waals surface area contributed by atoms with Gasteiger partial charge < -0.3 is 19.9 Å². The molecule has 2 N–H and O–H groups in total. The summed E-state index contributed by atoms with van der Waals surface area (Å²) in [5.74, 6) is 0. The fraction of sp³-hybridized carbons (Fsp3) is 0.238. The molecule has 6 heteroatoms. The van der Waals surface area contributed by atoms with Crippen molar-refractivity contribution in [2.24, 2.45) is 0 Å². The van der Waals surface area contributed by atoms with Crippen LogP contribution in [-0.4, -0.2) is 37.8 Å². The smallest absolute Gasteiger partial charge is 0.170 e. The zero-order valence-corrected chi connectivity index (χ0v) is 15.9. The molecule has 0 saturated carbocycles. The fourth-order valence-corrected chi connectivity index (χ4v) is 4.06. The maximum atomic E-state index is 9.59. The number of β-amino-alcohol motifs (C(OH)–C–C–N with tert-alkyl or cyclic N) is 1. The maximum Gasteiger partial charge on any atom is 0.170 e. The van der Waals surface area contributed by atoms with Crippen molar-refractivity contribution in [3.05, 3.63) is 83.9 Å². The number of aryl methyl sites for hydroxylation is 1. The van der Waals surface area contributed by atoms with Crippen molar-refractivity contribution in [3.63, 3.8) is 0 Å². The molecule has 0 amide bonds. The van der Waals surface area contributed by atoms with Gasteiger partial charge in [-0.05, 0) is 61.1 Å². The molecule has 5 nitrogen and oxygen atoms in total. The summed E-state index contributed by atoms with van der Waals surface area (Å²) < 4.78 is 2.19. The molecule has 1 aliphatic rings. The number of hydrogen-bond acceptors (Lipinski definition) is 3. The van der Waals surface area contributed by atoms with E-state index < -0.39 is 0 Å². The second kappa shape index (κ2) is 7.50. The van der Waals surface area contributed by atoms with Gasteiger partial charge in [0.15, 0.2) is 5.11 Å². The van der Waals surface area contributed by atoms with Gasteiger partial charge in [0.25, 0.3) is 0 Å². The number of nitrogens with zero attached hydrogens (tertiary/aromatic N) is 3. The van der Waals surface area contributed by atoms with Gasteiger partial charge >= 0.3 is 0 Å². The topological polar surface area (TPSA) is 53.3 Å². The lowest BCUT2D eigenvalue weighted by molar-refractivity contribution is 0.220. The Labute approximate surface area is 164 Å². The molecule has 3 heterocycles. The maximum absolute atomic E-state index is 9.59. The van der Waals surface area contributed by atoms with E-state index in [9.17, 15) is 5.11 Å². The molecule has 0 bridgehead atoms. The van der Waals surface area contributed by atoms with Crippen molar-refractivity contribution < 1.29 is 5.11 Å². The van der Waals surface area contributed by atoms with Crippen molar-refractivity contribution >= 4 is 17.3 Å². The molecule has 1 aliphatic heterocycles. The number of rotatable bonds is 5. The second-order valence-electron chi connectivity index (χ2n) is 6.69. The lowest BCUT2D eigenvalue weighted by atomic mass is 10.0. The minimum Gasteiger partial charge on any atom is -0.395 e. The number of thiocarbonyl (C=S) groups is 1. The minimum atomic E-state index is -0.0799. The standard InChI is InChI=1S/C21H22N4OS/c1-15-6-4-7-16(14-15)24-11-5-9-18(24)20-19(17-8-2-3-10-22-17)23-21(27)25(20)12-13-26/h2-11,14,19-20,26H,12-13H2,1H3,(H,23,27)/t19-,20+/m0/s1. The molecule has 0 radical (unpaired) electrons. The van der Waals surface area contributed by atoms with Gasteiger partial charge in [0.2, 0.25) is 0 Å². The molecule has 1 fully saturated rings. The molecule has 0 spiro atoms. The fourth-order valence-electron chi connectivity index (χ4n) is 3.72. The highest BCUT2D eigenvalue weighted by atomic mass is 32.1. The summed E-state index contributed by atoms with van der Waals surface area (Å²) >= 11 is 5.58. The Kier molecular flexibility index (Phi) is 4.92. The van der Waals surface area contributed by atoms with Crippen LogP contribution in [0.15, 0.2) is 67.0 Å². The van der Waals surface area contributed by atoms with Crippen molar-refractivity contribution in [1.29, 1.82) is 0 Å². The summed E-state index contributed by atoms with van der Waals surface area (Å²) in [4.78, 5) is 6.60. The zero-order chi connectivity index (χ0) is 18.8. The quantitative estimate of drug-likeness (QED) is 0.668. The first-order valence-corrected chi connectivity index (χ1v) is 9.43. The molecular formula is C21H22N4OS. The largest absolute Gasteiger partial charge is 0.395 e. The Morgan fingerprint density at radius 1 is 1.15 bits per heavy atom. The van der Waals surface area contributed by atoms with Crippen LogP contribution in [0.4, 0.5) is 0 Å². The zero-order valence-electron chi connectivity index (χ0n) is 15.1. The third-order valence-corrected chi connectivity index (χ3v) is 5.25. The van der Waals surface area contributed by atoms with E-state index in [2.05, 4.69) is 63.2 Å². The van der Waals surface area contributed by atoms with E-state index in [1.807, 2.05) is 24.3 Å². The molecule has 138 valence electrons. The molecule has 1 saturated heterocycles. The van der Waals surface area contributed by atoms with E-state index in [4.69, 9.17) is 12.2 Å². The van der Waals surface area contributed by atoms with Crippen LogP contribution in [0, 0.1) is 6.92 Å².